The van der Waals surface area contributed by atoms with Gasteiger partial charge in [0, 0.05) is 49.1 Å². The Labute approximate surface area is 174 Å². The fourth-order valence-corrected chi connectivity index (χ4v) is 4.38. The molecule has 30 heavy (non-hydrogen) atoms. The Morgan fingerprint density at radius 1 is 1.13 bits per heavy atom. The van der Waals surface area contributed by atoms with Gasteiger partial charge < -0.3 is 15.0 Å². The van der Waals surface area contributed by atoms with E-state index in [1.807, 2.05) is 48.7 Å². The highest BCUT2D eigenvalue weighted by Gasteiger charge is 2.30. The molecule has 0 bridgehead atoms. The first-order chi connectivity index (χ1) is 14.6. The van der Waals surface area contributed by atoms with Gasteiger partial charge in [-0.05, 0) is 53.9 Å². The third-order valence-electron chi connectivity index (χ3n) is 5.82. The number of anilines is 2. The van der Waals surface area contributed by atoms with Crippen molar-refractivity contribution in [2.75, 3.05) is 23.9 Å². The van der Waals surface area contributed by atoms with E-state index in [1.165, 1.54) is 0 Å². The van der Waals surface area contributed by atoms with Crippen LogP contribution in [0.25, 0.3) is 5.69 Å². The van der Waals surface area contributed by atoms with Gasteiger partial charge in [-0.3, -0.25) is 9.59 Å². The monoisotopic (exact) mass is 402 g/mol. The minimum absolute atomic E-state index is 0.0494. The van der Waals surface area contributed by atoms with Crippen molar-refractivity contribution >= 4 is 23.2 Å². The average Bonchev–Trinajstić information content (AvgIpc) is 3.44. The smallest absolute Gasteiger partial charge is 0.227 e. The fraction of sp³-hybridized carbons (Fsp3) is 0.261. The van der Waals surface area contributed by atoms with Crippen LogP contribution in [0.15, 0.2) is 54.9 Å². The van der Waals surface area contributed by atoms with Gasteiger partial charge in [0.2, 0.25) is 11.8 Å². The van der Waals surface area contributed by atoms with Crippen molar-refractivity contribution in [1.82, 2.24) is 9.78 Å². The molecule has 1 saturated heterocycles. The predicted molar refractivity (Wildman–Crippen MR) is 113 cm³/mol. The first kappa shape index (κ1) is 18.4. The number of aromatic nitrogens is 2. The van der Waals surface area contributed by atoms with E-state index in [0.717, 1.165) is 40.4 Å². The molecule has 0 saturated carbocycles. The Hall–Kier alpha value is -3.61. The van der Waals surface area contributed by atoms with Crippen LogP contribution >= 0.6 is 0 Å². The van der Waals surface area contributed by atoms with E-state index in [0.29, 0.717) is 19.4 Å². The zero-order valence-corrected chi connectivity index (χ0v) is 16.7. The van der Waals surface area contributed by atoms with Gasteiger partial charge in [0.1, 0.15) is 5.75 Å². The third-order valence-corrected chi connectivity index (χ3v) is 5.82. The lowest BCUT2D eigenvalue weighted by Gasteiger charge is -2.29. The molecule has 1 atom stereocenters. The maximum atomic E-state index is 12.6. The van der Waals surface area contributed by atoms with Crippen LogP contribution in [0.5, 0.6) is 5.75 Å². The fourth-order valence-electron chi connectivity index (χ4n) is 4.38. The van der Waals surface area contributed by atoms with E-state index in [2.05, 4.69) is 10.4 Å². The van der Waals surface area contributed by atoms with Crippen LogP contribution in [0.3, 0.4) is 0 Å². The zero-order valence-electron chi connectivity index (χ0n) is 16.7. The first-order valence-corrected chi connectivity index (χ1v) is 10.1. The van der Waals surface area contributed by atoms with Crippen LogP contribution < -0.4 is 15.0 Å². The van der Waals surface area contributed by atoms with Gasteiger partial charge in [0.15, 0.2) is 0 Å². The van der Waals surface area contributed by atoms with Crippen LogP contribution in [-0.2, 0) is 9.59 Å². The third kappa shape index (κ3) is 3.12. The number of ether oxygens (including phenoxy) is 1. The molecule has 1 fully saturated rings. The maximum Gasteiger partial charge on any atom is 0.227 e. The van der Waals surface area contributed by atoms with Crippen molar-refractivity contribution in [1.29, 1.82) is 0 Å². The van der Waals surface area contributed by atoms with Gasteiger partial charge in [-0.2, -0.15) is 5.10 Å². The van der Waals surface area contributed by atoms with Gasteiger partial charge in [-0.1, -0.05) is 6.07 Å². The number of benzene rings is 2. The molecule has 2 aliphatic rings. The number of rotatable bonds is 4. The van der Waals surface area contributed by atoms with E-state index < -0.39 is 0 Å². The summed E-state index contributed by atoms with van der Waals surface area (Å²) in [4.78, 5) is 26.6. The zero-order chi connectivity index (χ0) is 20.7. The Bertz CT molecular complexity index is 1120. The summed E-state index contributed by atoms with van der Waals surface area (Å²) in [6.45, 7) is 0.717. The average molecular weight is 402 g/mol. The molecule has 2 amide bonds. The summed E-state index contributed by atoms with van der Waals surface area (Å²) >= 11 is 0. The van der Waals surface area contributed by atoms with Gasteiger partial charge in [0.25, 0.3) is 0 Å². The van der Waals surface area contributed by atoms with Gasteiger partial charge >= 0.3 is 0 Å². The summed E-state index contributed by atoms with van der Waals surface area (Å²) in [5.74, 6) is 0.660. The number of nitrogens with one attached hydrogen (secondary N) is 1. The largest absolute Gasteiger partial charge is 0.497 e. The molecular formula is C23H22N4O3. The Kier molecular flexibility index (Phi) is 4.50. The van der Waals surface area contributed by atoms with Crippen LogP contribution in [0.2, 0.25) is 0 Å². The molecule has 5 rings (SSSR count). The highest BCUT2D eigenvalue weighted by Crippen LogP contribution is 2.42. The molecule has 2 aromatic carbocycles. The number of hydrogen-bond acceptors (Lipinski definition) is 4. The van der Waals surface area contributed by atoms with Crippen LogP contribution in [0.1, 0.15) is 36.3 Å². The van der Waals surface area contributed by atoms with E-state index in [-0.39, 0.29) is 17.7 Å². The molecule has 1 N–H and O–H groups in total. The minimum Gasteiger partial charge on any atom is -0.497 e. The quantitative estimate of drug-likeness (QED) is 0.725. The molecule has 7 nitrogen and oxygen atoms in total. The second-order valence-corrected chi connectivity index (χ2v) is 7.60. The molecule has 152 valence electrons. The molecular weight excluding hydrogens is 380 g/mol. The Morgan fingerprint density at radius 3 is 2.77 bits per heavy atom. The molecule has 0 aliphatic carbocycles. The van der Waals surface area contributed by atoms with Crippen molar-refractivity contribution in [3.8, 4) is 11.4 Å². The van der Waals surface area contributed by atoms with E-state index in [9.17, 15) is 9.59 Å². The summed E-state index contributed by atoms with van der Waals surface area (Å²) in [5, 5.41) is 7.37. The summed E-state index contributed by atoms with van der Waals surface area (Å²) in [5.41, 5.74) is 4.48. The second kappa shape index (κ2) is 7.33. The molecule has 1 aromatic heterocycles. The van der Waals surface area contributed by atoms with Crippen molar-refractivity contribution in [3.63, 3.8) is 0 Å². The number of nitrogens with zero attached hydrogens (tertiary/aromatic N) is 3. The van der Waals surface area contributed by atoms with E-state index in [1.54, 1.807) is 22.9 Å². The Balaban J connectivity index is 1.62. The van der Waals surface area contributed by atoms with Crippen molar-refractivity contribution < 1.29 is 14.3 Å². The molecule has 7 heteroatoms. The predicted octanol–water partition coefficient (Wildman–Crippen LogP) is 3.48. The molecule has 1 unspecified atom stereocenters. The number of carbonyl (C=O) groups excluding carboxylic acids is 2. The van der Waals surface area contributed by atoms with Gasteiger partial charge in [-0.25, -0.2) is 4.68 Å². The molecule has 0 spiro atoms. The minimum atomic E-state index is -0.147. The highest BCUT2D eigenvalue weighted by molar-refractivity contribution is 5.99. The lowest BCUT2D eigenvalue weighted by molar-refractivity contribution is -0.117. The van der Waals surface area contributed by atoms with Crippen LogP contribution in [-0.4, -0.2) is 35.2 Å². The number of methoxy groups -OCH3 is 1. The molecule has 2 aliphatic heterocycles. The van der Waals surface area contributed by atoms with Crippen molar-refractivity contribution in [2.45, 2.75) is 25.2 Å². The summed E-state index contributed by atoms with van der Waals surface area (Å²) in [6, 6.07) is 13.6. The van der Waals surface area contributed by atoms with Gasteiger partial charge in [0.05, 0.1) is 12.8 Å². The highest BCUT2D eigenvalue weighted by atomic mass is 16.5. The molecule has 0 radical (unpaired) electrons. The topological polar surface area (TPSA) is 76.5 Å². The Morgan fingerprint density at radius 2 is 2.03 bits per heavy atom. The maximum absolute atomic E-state index is 12.6. The van der Waals surface area contributed by atoms with Crippen molar-refractivity contribution in [3.05, 3.63) is 66.0 Å². The van der Waals surface area contributed by atoms with Gasteiger partial charge in [-0.15, -0.1) is 0 Å². The van der Waals surface area contributed by atoms with Crippen LogP contribution in [0, 0.1) is 0 Å². The van der Waals surface area contributed by atoms with E-state index >= 15 is 0 Å². The number of carbonyl (C=O) groups is 2. The van der Waals surface area contributed by atoms with Crippen molar-refractivity contribution in [2.24, 2.45) is 0 Å². The standard InChI is InChI=1S/C23H22N4O3/c1-30-16-6-8-21(27-11-3-9-24-27)19(13-16)18-14-22(28)25-20-12-15(5-7-17(18)20)26-10-2-4-23(26)29/h3,5-9,11-13,18H,2,4,10,14H2,1H3,(H,25,28). The number of amides is 2. The number of fused-ring (bicyclic) bond motifs is 1. The second-order valence-electron chi connectivity index (χ2n) is 7.60. The summed E-state index contributed by atoms with van der Waals surface area (Å²) in [6.07, 6.45) is 5.38. The number of hydrogen-bond donors (Lipinski definition) is 1. The van der Waals surface area contributed by atoms with Crippen LogP contribution in [0.4, 0.5) is 11.4 Å². The first-order valence-electron chi connectivity index (χ1n) is 10.1. The summed E-state index contributed by atoms with van der Waals surface area (Å²) < 4.78 is 7.26. The van der Waals surface area contributed by atoms with E-state index in [4.69, 9.17) is 4.74 Å². The lowest BCUT2D eigenvalue weighted by Crippen LogP contribution is -2.27. The lowest BCUT2D eigenvalue weighted by atomic mass is 9.83. The molecule has 3 heterocycles. The SMILES string of the molecule is COc1ccc(-n2cccn2)c(C2CC(=O)Nc3cc(N4CCCC4=O)ccc32)c1. The normalized spacial score (nSPS) is 18.3. The molecule has 3 aromatic rings. The summed E-state index contributed by atoms with van der Waals surface area (Å²) in [7, 11) is 1.63.